The van der Waals surface area contributed by atoms with Crippen LogP contribution in [0.3, 0.4) is 0 Å². The van der Waals surface area contributed by atoms with E-state index in [9.17, 15) is 22.0 Å². The molecule has 0 radical (unpaired) electrons. The van der Waals surface area contributed by atoms with Crippen LogP contribution >= 0.6 is 0 Å². The summed E-state index contributed by atoms with van der Waals surface area (Å²) in [5, 5.41) is 0. The Bertz CT molecular complexity index is 1200. The van der Waals surface area contributed by atoms with Crippen LogP contribution in [-0.2, 0) is 21.2 Å². The van der Waals surface area contributed by atoms with Crippen molar-refractivity contribution >= 4 is 15.9 Å². The van der Waals surface area contributed by atoms with E-state index in [2.05, 4.69) is 4.98 Å². The topological polar surface area (TPSA) is 83.7 Å². The Morgan fingerprint density at radius 3 is 2.38 bits per heavy atom. The summed E-state index contributed by atoms with van der Waals surface area (Å²) in [6.45, 7) is 0.820. The molecule has 0 spiro atoms. The molecule has 3 aromatic rings. The number of aromatic nitrogens is 1. The number of halogens is 2. The zero-order chi connectivity index (χ0) is 22.7. The van der Waals surface area contributed by atoms with Crippen LogP contribution < -0.4 is 0 Å². The van der Waals surface area contributed by atoms with E-state index in [1.807, 2.05) is 0 Å². The SMILES string of the molecule is O=C(CCc1ncc(-c2ccccc2F)o1)N1CCN(S(=O)(=O)c2ccc(F)cc2)CC1. The molecule has 32 heavy (non-hydrogen) atoms. The van der Waals surface area contributed by atoms with Gasteiger partial charge in [-0.1, -0.05) is 12.1 Å². The number of rotatable bonds is 6. The van der Waals surface area contributed by atoms with Crippen LogP contribution in [0.2, 0.25) is 0 Å². The van der Waals surface area contributed by atoms with Crippen molar-refractivity contribution < 1.29 is 26.4 Å². The van der Waals surface area contributed by atoms with Crippen LogP contribution in [0, 0.1) is 11.6 Å². The lowest BCUT2D eigenvalue weighted by Crippen LogP contribution is -2.50. The third-order valence-corrected chi connectivity index (χ3v) is 7.20. The van der Waals surface area contributed by atoms with Crippen LogP contribution in [0.1, 0.15) is 12.3 Å². The molecular weight excluding hydrogens is 440 g/mol. The van der Waals surface area contributed by atoms with E-state index in [-0.39, 0.29) is 49.8 Å². The van der Waals surface area contributed by atoms with Crippen molar-refractivity contribution in [2.24, 2.45) is 0 Å². The Hall–Kier alpha value is -3.11. The molecule has 7 nitrogen and oxygen atoms in total. The summed E-state index contributed by atoms with van der Waals surface area (Å²) in [4.78, 5) is 18.3. The number of oxazole rings is 1. The van der Waals surface area contributed by atoms with E-state index >= 15 is 0 Å². The fourth-order valence-corrected chi connectivity index (χ4v) is 4.94. The number of aryl methyl sites for hydroxylation is 1. The van der Waals surface area contributed by atoms with Gasteiger partial charge in [0.25, 0.3) is 0 Å². The number of carbonyl (C=O) groups excluding carboxylic acids is 1. The highest BCUT2D eigenvalue weighted by Crippen LogP contribution is 2.24. The highest BCUT2D eigenvalue weighted by Gasteiger charge is 2.30. The second-order valence-corrected chi connectivity index (χ2v) is 9.27. The smallest absolute Gasteiger partial charge is 0.243 e. The molecule has 1 aliphatic heterocycles. The van der Waals surface area contributed by atoms with Crippen molar-refractivity contribution in [2.75, 3.05) is 26.2 Å². The molecule has 2 heterocycles. The Morgan fingerprint density at radius 2 is 1.69 bits per heavy atom. The van der Waals surface area contributed by atoms with Gasteiger partial charge in [0.2, 0.25) is 15.9 Å². The summed E-state index contributed by atoms with van der Waals surface area (Å²) in [7, 11) is -3.74. The van der Waals surface area contributed by atoms with E-state index in [1.165, 1.54) is 28.7 Å². The minimum Gasteiger partial charge on any atom is -0.441 e. The van der Waals surface area contributed by atoms with Gasteiger partial charge in [-0.3, -0.25) is 4.79 Å². The number of hydrogen-bond acceptors (Lipinski definition) is 5. The second kappa shape index (κ2) is 9.17. The fourth-order valence-electron chi connectivity index (χ4n) is 3.52. The molecule has 2 aromatic carbocycles. The number of sulfonamides is 1. The lowest BCUT2D eigenvalue weighted by atomic mass is 10.2. The molecule has 168 valence electrons. The molecule has 10 heteroatoms. The number of benzene rings is 2. The van der Waals surface area contributed by atoms with Crippen LogP contribution in [0.15, 0.2) is 64.0 Å². The van der Waals surface area contributed by atoms with Crippen LogP contribution in [0.4, 0.5) is 8.78 Å². The fraction of sp³-hybridized carbons (Fsp3) is 0.273. The van der Waals surface area contributed by atoms with Gasteiger partial charge in [0.1, 0.15) is 11.6 Å². The van der Waals surface area contributed by atoms with Gasteiger partial charge in [-0.05, 0) is 36.4 Å². The number of hydrogen-bond donors (Lipinski definition) is 0. The zero-order valence-electron chi connectivity index (χ0n) is 17.1. The van der Waals surface area contributed by atoms with Crippen LogP contribution in [0.25, 0.3) is 11.3 Å². The lowest BCUT2D eigenvalue weighted by molar-refractivity contribution is -0.132. The first kappa shape index (κ1) is 22.1. The molecular formula is C22H21F2N3O4S. The molecule has 1 amide bonds. The maximum absolute atomic E-state index is 13.9. The highest BCUT2D eigenvalue weighted by atomic mass is 32.2. The van der Waals surface area contributed by atoms with E-state index < -0.39 is 21.7 Å². The number of nitrogens with zero attached hydrogens (tertiary/aromatic N) is 3. The average molecular weight is 461 g/mol. The minimum absolute atomic E-state index is 0.0215. The van der Waals surface area contributed by atoms with Crippen molar-refractivity contribution in [1.82, 2.24) is 14.2 Å². The van der Waals surface area contributed by atoms with Gasteiger partial charge in [-0.2, -0.15) is 4.31 Å². The Balaban J connectivity index is 1.31. The van der Waals surface area contributed by atoms with Crippen molar-refractivity contribution in [3.8, 4) is 11.3 Å². The maximum atomic E-state index is 13.9. The largest absolute Gasteiger partial charge is 0.441 e. The summed E-state index contributed by atoms with van der Waals surface area (Å²) in [5.41, 5.74) is 0.302. The van der Waals surface area contributed by atoms with Gasteiger partial charge in [-0.25, -0.2) is 22.2 Å². The van der Waals surface area contributed by atoms with Gasteiger partial charge in [0.05, 0.1) is 16.7 Å². The zero-order valence-corrected chi connectivity index (χ0v) is 17.9. The van der Waals surface area contributed by atoms with Crippen LogP contribution in [0.5, 0.6) is 0 Å². The van der Waals surface area contributed by atoms with Gasteiger partial charge < -0.3 is 9.32 Å². The molecule has 0 saturated carbocycles. The highest BCUT2D eigenvalue weighted by molar-refractivity contribution is 7.89. The first-order valence-electron chi connectivity index (χ1n) is 10.1. The molecule has 4 rings (SSSR count). The second-order valence-electron chi connectivity index (χ2n) is 7.34. The monoisotopic (exact) mass is 461 g/mol. The van der Waals surface area contributed by atoms with Crippen LogP contribution in [-0.4, -0.2) is 54.7 Å². The molecule has 1 saturated heterocycles. The summed E-state index contributed by atoms with van der Waals surface area (Å²) in [6.07, 6.45) is 1.82. The van der Waals surface area contributed by atoms with Crippen molar-refractivity contribution in [2.45, 2.75) is 17.7 Å². The van der Waals surface area contributed by atoms with Gasteiger partial charge in [-0.15, -0.1) is 0 Å². The normalized spacial score (nSPS) is 15.1. The number of piperazine rings is 1. The van der Waals surface area contributed by atoms with E-state index in [0.29, 0.717) is 17.2 Å². The molecule has 0 bridgehead atoms. The van der Waals surface area contributed by atoms with E-state index in [0.717, 1.165) is 12.1 Å². The third kappa shape index (κ3) is 4.71. The molecule has 1 aromatic heterocycles. The molecule has 1 fully saturated rings. The molecule has 0 N–H and O–H groups in total. The standard InChI is InChI=1S/C22H21F2N3O4S/c23-16-5-7-17(8-6-16)32(29,30)27-13-11-26(12-14-27)22(28)10-9-21-25-15-20(31-21)18-3-1-2-4-19(18)24/h1-8,15H,9-14H2. The number of carbonyl (C=O) groups is 1. The summed E-state index contributed by atoms with van der Waals surface area (Å²) >= 11 is 0. The van der Waals surface area contributed by atoms with Crippen molar-refractivity contribution in [3.63, 3.8) is 0 Å². The van der Waals surface area contributed by atoms with Gasteiger partial charge >= 0.3 is 0 Å². The Morgan fingerprint density at radius 1 is 1.00 bits per heavy atom. The van der Waals surface area contributed by atoms with Crippen molar-refractivity contribution in [3.05, 3.63) is 72.3 Å². The Labute approximate surface area is 184 Å². The number of amides is 1. The molecule has 0 atom stereocenters. The summed E-state index contributed by atoms with van der Waals surface area (Å²) < 4.78 is 59.2. The molecule has 0 unspecified atom stereocenters. The first-order valence-corrected chi connectivity index (χ1v) is 11.5. The predicted octanol–water partition coefficient (Wildman–Crippen LogP) is 3.09. The van der Waals surface area contributed by atoms with E-state index in [1.54, 1.807) is 23.1 Å². The molecule has 1 aliphatic rings. The van der Waals surface area contributed by atoms with Gasteiger partial charge in [0, 0.05) is 39.0 Å². The summed E-state index contributed by atoms with van der Waals surface area (Å²) in [6, 6.07) is 10.9. The predicted molar refractivity (Wildman–Crippen MR) is 112 cm³/mol. The maximum Gasteiger partial charge on any atom is 0.243 e. The quantitative estimate of drug-likeness (QED) is 0.563. The Kier molecular flexibility index (Phi) is 6.33. The lowest BCUT2D eigenvalue weighted by Gasteiger charge is -2.34. The minimum atomic E-state index is -3.74. The van der Waals surface area contributed by atoms with E-state index in [4.69, 9.17) is 4.42 Å². The first-order chi connectivity index (χ1) is 15.3. The molecule has 0 aliphatic carbocycles. The van der Waals surface area contributed by atoms with Crippen molar-refractivity contribution in [1.29, 1.82) is 0 Å². The average Bonchev–Trinajstić information content (AvgIpc) is 3.27. The van der Waals surface area contributed by atoms with Gasteiger partial charge in [0.15, 0.2) is 11.7 Å². The summed E-state index contributed by atoms with van der Waals surface area (Å²) in [5.74, 6) is -0.445. The third-order valence-electron chi connectivity index (χ3n) is 5.29.